The standard InChI is InChI=1S/C41H48N4O5/c42-36-10-2-3-11-37(36)44-40(48)13-7-12-39(47)43-26-30-8-6-9-34(24-30)31-18-20-33(21-19-31)41-49-35(27-45-22-4-1-5-23-45)25-38(50-41)32-16-14-29(28-46)15-17-32/h2-3,6,8-11,14-21,24,35,38,41,46H,1,4-5,7,12-13,22-23,25-28,42H2,(H,43,47)(H,44,48)/t35-,38+,41+/m0/s1. The van der Waals surface area contributed by atoms with E-state index in [1.165, 1.54) is 19.3 Å². The molecule has 0 aliphatic carbocycles. The van der Waals surface area contributed by atoms with E-state index in [4.69, 9.17) is 15.2 Å². The number of rotatable bonds is 13. The number of nitrogens with one attached hydrogen (secondary N) is 2. The molecule has 2 saturated heterocycles. The quantitative estimate of drug-likeness (QED) is 0.114. The summed E-state index contributed by atoms with van der Waals surface area (Å²) < 4.78 is 13.2. The zero-order valence-electron chi connectivity index (χ0n) is 28.6. The number of nitrogens with two attached hydrogens (primary N) is 1. The fraction of sp³-hybridized carbons (Fsp3) is 0.366. The van der Waals surface area contributed by atoms with Crippen LogP contribution in [0.25, 0.3) is 11.1 Å². The number of benzene rings is 4. The number of carbonyl (C=O) groups excluding carboxylic acids is 2. The molecule has 6 rings (SSSR count). The number of hydrogen-bond acceptors (Lipinski definition) is 7. The number of para-hydroxylation sites is 2. The molecule has 2 aliphatic heterocycles. The molecule has 0 unspecified atom stereocenters. The van der Waals surface area contributed by atoms with E-state index in [-0.39, 0.29) is 43.5 Å². The van der Waals surface area contributed by atoms with Gasteiger partial charge in [-0.1, -0.05) is 85.3 Å². The van der Waals surface area contributed by atoms with Crippen LogP contribution in [0.15, 0.2) is 97.1 Å². The normalized spacial score (nSPS) is 19.5. The molecule has 2 amide bonds. The van der Waals surface area contributed by atoms with Gasteiger partial charge in [-0.2, -0.15) is 0 Å². The molecule has 4 aromatic rings. The van der Waals surface area contributed by atoms with Gasteiger partial charge in [0.2, 0.25) is 11.8 Å². The van der Waals surface area contributed by atoms with Crippen LogP contribution in [0.4, 0.5) is 11.4 Å². The number of anilines is 2. The van der Waals surface area contributed by atoms with Crippen molar-refractivity contribution >= 4 is 23.2 Å². The van der Waals surface area contributed by atoms with Crippen molar-refractivity contribution in [2.45, 2.75) is 76.6 Å². The molecule has 2 aliphatic rings. The van der Waals surface area contributed by atoms with Crippen LogP contribution >= 0.6 is 0 Å². The highest BCUT2D eigenvalue weighted by Crippen LogP contribution is 2.39. The predicted molar refractivity (Wildman–Crippen MR) is 196 cm³/mol. The first kappa shape index (κ1) is 35.3. The molecule has 50 heavy (non-hydrogen) atoms. The van der Waals surface area contributed by atoms with E-state index in [1.54, 1.807) is 12.1 Å². The van der Waals surface area contributed by atoms with E-state index in [2.05, 4.69) is 64.1 Å². The van der Waals surface area contributed by atoms with Gasteiger partial charge in [-0.3, -0.25) is 9.59 Å². The topological polar surface area (TPSA) is 126 Å². The summed E-state index contributed by atoms with van der Waals surface area (Å²) in [5.41, 5.74) is 13.0. The molecule has 0 spiro atoms. The number of nitrogen functional groups attached to an aromatic ring is 1. The SMILES string of the molecule is Nc1ccccc1NC(=O)CCCC(=O)NCc1cccc(-c2ccc([C@@H]3O[C@H](CN4CCCCC4)C[C@H](c4ccc(CO)cc4)O3)cc2)c1. The van der Waals surface area contributed by atoms with E-state index < -0.39 is 6.29 Å². The van der Waals surface area contributed by atoms with Gasteiger partial charge in [0.1, 0.15) is 0 Å². The monoisotopic (exact) mass is 676 g/mol. The van der Waals surface area contributed by atoms with Crippen LogP contribution in [-0.4, -0.2) is 47.6 Å². The van der Waals surface area contributed by atoms with Gasteiger partial charge in [0.25, 0.3) is 0 Å². The highest BCUT2D eigenvalue weighted by atomic mass is 16.7. The summed E-state index contributed by atoms with van der Waals surface area (Å²) in [7, 11) is 0. The Balaban J connectivity index is 1.03. The number of amides is 2. The Morgan fingerprint density at radius 3 is 2.28 bits per heavy atom. The van der Waals surface area contributed by atoms with E-state index >= 15 is 0 Å². The number of piperidine rings is 1. The smallest absolute Gasteiger partial charge is 0.224 e. The van der Waals surface area contributed by atoms with Gasteiger partial charge in [-0.15, -0.1) is 0 Å². The average molecular weight is 677 g/mol. The molecule has 5 N–H and O–H groups in total. The number of likely N-dealkylation sites (tertiary alicyclic amines) is 1. The Morgan fingerprint density at radius 1 is 0.780 bits per heavy atom. The van der Waals surface area contributed by atoms with Gasteiger partial charge < -0.3 is 35.8 Å². The molecule has 262 valence electrons. The van der Waals surface area contributed by atoms with Crippen molar-refractivity contribution in [3.63, 3.8) is 0 Å². The van der Waals surface area contributed by atoms with E-state index in [0.29, 0.717) is 24.3 Å². The largest absolute Gasteiger partial charge is 0.397 e. The van der Waals surface area contributed by atoms with Crippen molar-refractivity contribution in [3.05, 3.63) is 119 Å². The Morgan fingerprint density at radius 2 is 1.52 bits per heavy atom. The zero-order chi connectivity index (χ0) is 34.7. The molecule has 2 fully saturated rings. The molecule has 0 radical (unpaired) electrons. The summed E-state index contributed by atoms with van der Waals surface area (Å²) in [5.74, 6) is -0.262. The Bertz CT molecular complexity index is 1710. The summed E-state index contributed by atoms with van der Waals surface area (Å²) in [6.07, 6.45) is 4.96. The maximum atomic E-state index is 12.5. The van der Waals surface area contributed by atoms with Crippen LogP contribution in [0.5, 0.6) is 0 Å². The molecule has 3 atom stereocenters. The number of carbonyl (C=O) groups is 2. The van der Waals surface area contributed by atoms with Crippen LogP contribution in [0.1, 0.15) is 79.6 Å². The number of ether oxygens (including phenoxy) is 2. The summed E-state index contributed by atoms with van der Waals surface area (Å²) in [4.78, 5) is 27.3. The Kier molecular flexibility index (Phi) is 12.3. The number of nitrogens with zero attached hydrogens (tertiary/aromatic N) is 1. The van der Waals surface area contributed by atoms with Crippen LogP contribution < -0.4 is 16.4 Å². The van der Waals surface area contributed by atoms with Gasteiger partial charge in [-0.05, 0) is 78.4 Å². The lowest BCUT2D eigenvalue weighted by atomic mass is 9.98. The lowest BCUT2D eigenvalue weighted by Gasteiger charge is -2.39. The van der Waals surface area contributed by atoms with Gasteiger partial charge >= 0.3 is 0 Å². The van der Waals surface area contributed by atoms with Crippen molar-refractivity contribution in [3.8, 4) is 11.1 Å². The minimum atomic E-state index is -0.487. The summed E-state index contributed by atoms with van der Waals surface area (Å²) in [5, 5.41) is 15.3. The highest BCUT2D eigenvalue weighted by molar-refractivity contribution is 5.94. The van der Waals surface area contributed by atoms with E-state index in [1.807, 2.05) is 36.4 Å². The lowest BCUT2D eigenvalue weighted by Crippen LogP contribution is -2.41. The summed E-state index contributed by atoms with van der Waals surface area (Å²) in [6.45, 7) is 3.55. The number of aliphatic hydroxyl groups excluding tert-OH is 1. The molecule has 9 heteroatoms. The average Bonchev–Trinajstić information content (AvgIpc) is 3.15. The van der Waals surface area contributed by atoms with Crippen molar-refractivity contribution < 1.29 is 24.2 Å². The molecule has 4 aromatic carbocycles. The minimum absolute atomic E-state index is 0.0208. The van der Waals surface area contributed by atoms with Crippen molar-refractivity contribution in [1.82, 2.24) is 10.2 Å². The Labute approximate surface area is 294 Å². The molecular formula is C41H48N4O5. The maximum Gasteiger partial charge on any atom is 0.224 e. The van der Waals surface area contributed by atoms with Gasteiger partial charge in [0.05, 0.1) is 30.2 Å². The number of aliphatic hydroxyl groups is 1. The minimum Gasteiger partial charge on any atom is -0.397 e. The first-order valence-corrected chi connectivity index (χ1v) is 17.8. The van der Waals surface area contributed by atoms with Gasteiger partial charge in [0.15, 0.2) is 6.29 Å². The molecule has 0 bridgehead atoms. The fourth-order valence-corrected chi connectivity index (χ4v) is 6.68. The second kappa shape index (κ2) is 17.4. The molecule has 0 aromatic heterocycles. The summed E-state index contributed by atoms with van der Waals surface area (Å²) in [6, 6.07) is 31.6. The second-order valence-corrected chi connectivity index (χ2v) is 13.3. The van der Waals surface area contributed by atoms with Crippen molar-refractivity contribution in [2.24, 2.45) is 0 Å². The molecular weight excluding hydrogens is 628 g/mol. The first-order chi connectivity index (χ1) is 24.4. The van der Waals surface area contributed by atoms with Crippen molar-refractivity contribution in [1.29, 1.82) is 0 Å². The second-order valence-electron chi connectivity index (χ2n) is 13.3. The van der Waals surface area contributed by atoms with Gasteiger partial charge in [-0.25, -0.2) is 0 Å². The van der Waals surface area contributed by atoms with Gasteiger partial charge in [0, 0.05) is 37.9 Å². The van der Waals surface area contributed by atoms with Crippen LogP contribution in [-0.2, 0) is 32.2 Å². The third-order valence-electron chi connectivity index (χ3n) is 9.50. The molecule has 9 nitrogen and oxygen atoms in total. The third-order valence-corrected chi connectivity index (χ3v) is 9.50. The first-order valence-electron chi connectivity index (χ1n) is 17.8. The van der Waals surface area contributed by atoms with Crippen LogP contribution in [0, 0.1) is 0 Å². The third kappa shape index (κ3) is 9.79. The summed E-state index contributed by atoms with van der Waals surface area (Å²) >= 11 is 0. The van der Waals surface area contributed by atoms with E-state index in [9.17, 15) is 14.7 Å². The number of hydrogen-bond donors (Lipinski definition) is 4. The molecule has 2 heterocycles. The van der Waals surface area contributed by atoms with Crippen molar-refractivity contribution in [2.75, 3.05) is 30.7 Å². The maximum absolute atomic E-state index is 12.5. The molecule has 0 saturated carbocycles. The zero-order valence-corrected chi connectivity index (χ0v) is 28.6. The fourth-order valence-electron chi connectivity index (χ4n) is 6.68. The van der Waals surface area contributed by atoms with Crippen LogP contribution in [0.3, 0.4) is 0 Å². The highest BCUT2D eigenvalue weighted by Gasteiger charge is 2.33. The predicted octanol–water partition coefficient (Wildman–Crippen LogP) is 6.88. The Hall–Kier alpha value is -4.54. The lowest BCUT2D eigenvalue weighted by molar-refractivity contribution is -0.253. The van der Waals surface area contributed by atoms with E-state index in [0.717, 1.165) is 59.4 Å². The van der Waals surface area contributed by atoms with Crippen LogP contribution in [0.2, 0.25) is 0 Å².